The molecule has 0 heterocycles. The van der Waals surface area contributed by atoms with Crippen LogP contribution < -0.4 is 9.47 Å². The Morgan fingerprint density at radius 3 is 0.947 bits per heavy atom. The first kappa shape index (κ1) is 39.9. The topological polar surface area (TPSA) is 100 Å². The highest BCUT2D eigenvalue weighted by molar-refractivity contribution is 5.92. The van der Waals surface area contributed by atoms with E-state index < -0.39 is 0 Å². The van der Waals surface area contributed by atoms with Crippen molar-refractivity contribution in [3.63, 3.8) is 0 Å². The number of unbranched alkanes of at least 4 members (excludes halogenated alkanes) is 8. The summed E-state index contributed by atoms with van der Waals surface area (Å²) in [7, 11) is 0. The van der Waals surface area contributed by atoms with Crippen molar-refractivity contribution >= 4 is 11.9 Å². The predicted octanol–water partition coefficient (Wildman–Crippen LogP) is 12.5. The lowest BCUT2D eigenvalue weighted by atomic mass is 10.0. The standard InChI is InChI=1S/C51H46N2O4/c52-36-40-12-20-42(21-13-40)44-24-28-46(29-25-44)50(54)56-48-32-16-38(17-33-48)10-8-6-4-2-1-3-5-7-9-11-39-18-34-49(35-19-39)57-51(55)47-30-26-45(27-31-47)43-22-14-41(37-53)15-23-43/h12-35H,1-11H2. The van der Waals surface area contributed by atoms with Crippen LogP contribution in [0.25, 0.3) is 22.3 Å². The van der Waals surface area contributed by atoms with Gasteiger partial charge in [0.05, 0.1) is 34.4 Å². The number of nitrogens with zero attached hydrogens (tertiary/aromatic N) is 2. The zero-order chi connectivity index (χ0) is 39.7. The number of hydrogen-bond acceptors (Lipinski definition) is 6. The third kappa shape index (κ3) is 12.1. The van der Waals surface area contributed by atoms with Crippen LogP contribution in [0.2, 0.25) is 0 Å². The van der Waals surface area contributed by atoms with E-state index in [0.717, 1.165) is 47.9 Å². The molecule has 0 saturated heterocycles. The van der Waals surface area contributed by atoms with Crippen LogP contribution in [0, 0.1) is 22.7 Å². The van der Waals surface area contributed by atoms with Gasteiger partial charge in [0.1, 0.15) is 11.5 Å². The van der Waals surface area contributed by atoms with Crippen LogP contribution in [0.1, 0.15) is 101 Å². The highest BCUT2D eigenvalue weighted by atomic mass is 16.5. The van der Waals surface area contributed by atoms with Gasteiger partial charge in [0.25, 0.3) is 0 Å². The van der Waals surface area contributed by atoms with Crippen LogP contribution >= 0.6 is 0 Å². The number of carbonyl (C=O) groups excluding carboxylic acids is 2. The highest BCUT2D eigenvalue weighted by Gasteiger charge is 2.11. The van der Waals surface area contributed by atoms with Crippen LogP contribution in [0.5, 0.6) is 11.5 Å². The molecule has 6 aromatic rings. The van der Waals surface area contributed by atoms with Gasteiger partial charge < -0.3 is 9.47 Å². The molecular formula is C51H46N2O4. The summed E-state index contributed by atoms with van der Waals surface area (Å²) >= 11 is 0. The molecule has 6 aromatic carbocycles. The first-order chi connectivity index (χ1) is 28.0. The average Bonchev–Trinajstić information content (AvgIpc) is 3.26. The number of esters is 2. The van der Waals surface area contributed by atoms with E-state index in [2.05, 4.69) is 12.1 Å². The van der Waals surface area contributed by atoms with Crippen LogP contribution in [-0.2, 0) is 12.8 Å². The molecule has 0 aromatic heterocycles. The molecule has 0 atom stereocenters. The Morgan fingerprint density at radius 1 is 0.368 bits per heavy atom. The molecule has 0 bridgehead atoms. The van der Waals surface area contributed by atoms with Gasteiger partial charge in [-0.25, -0.2) is 9.59 Å². The summed E-state index contributed by atoms with van der Waals surface area (Å²) in [5.41, 5.74) is 8.62. The monoisotopic (exact) mass is 750 g/mol. The summed E-state index contributed by atoms with van der Waals surface area (Å²) in [6.07, 6.45) is 13.1. The number of benzene rings is 6. The number of nitriles is 2. The number of rotatable bonds is 18. The zero-order valence-corrected chi connectivity index (χ0v) is 32.2. The SMILES string of the molecule is N#Cc1ccc(-c2ccc(C(=O)Oc3ccc(CCCCCCCCCCCc4ccc(OC(=O)c5ccc(-c6ccc(C#N)cc6)cc5)cc4)cc3)cc2)cc1. The van der Waals surface area contributed by atoms with Crippen molar-refractivity contribution in [3.8, 4) is 45.9 Å². The van der Waals surface area contributed by atoms with Crippen molar-refractivity contribution in [2.75, 3.05) is 0 Å². The van der Waals surface area contributed by atoms with Gasteiger partial charge in [-0.2, -0.15) is 10.5 Å². The molecule has 0 amide bonds. The minimum Gasteiger partial charge on any atom is -0.423 e. The van der Waals surface area contributed by atoms with E-state index in [-0.39, 0.29) is 11.9 Å². The van der Waals surface area contributed by atoms with E-state index in [1.54, 1.807) is 48.5 Å². The van der Waals surface area contributed by atoms with Crippen LogP contribution in [0.4, 0.5) is 0 Å². The van der Waals surface area contributed by atoms with Gasteiger partial charge in [-0.1, -0.05) is 118 Å². The smallest absolute Gasteiger partial charge is 0.343 e. The Balaban J connectivity index is 0.784. The summed E-state index contributed by atoms with van der Waals surface area (Å²) in [6, 6.07) is 49.2. The fourth-order valence-electron chi connectivity index (χ4n) is 6.75. The molecule has 0 unspecified atom stereocenters. The van der Waals surface area contributed by atoms with Crippen molar-refractivity contribution in [1.82, 2.24) is 0 Å². The third-order valence-electron chi connectivity index (χ3n) is 10.1. The number of hydrogen-bond donors (Lipinski definition) is 0. The van der Waals surface area contributed by atoms with E-state index in [9.17, 15) is 9.59 Å². The summed E-state index contributed by atoms with van der Waals surface area (Å²) in [5, 5.41) is 18.0. The van der Waals surface area contributed by atoms with Gasteiger partial charge in [-0.15, -0.1) is 0 Å². The second-order valence-corrected chi connectivity index (χ2v) is 14.3. The first-order valence-electron chi connectivity index (χ1n) is 19.8. The van der Waals surface area contributed by atoms with Crippen molar-refractivity contribution in [2.24, 2.45) is 0 Å². The summed E-state index contributed by atoms with van der Waals surface area (Å²) in [5.74, 6) is 0.306. The quantitative estimate of drug-likeness (QED) is 0.0492. The largest absolute Gasteiger partial charge is 0.423 e. The van der Waals surface area contributed by atoms with Gasteiger partial charge >= 0.3 is 11.9 Å². The lowest BCUT2D eigenvalue weighted by molar-refractivity contribution is 0.0725. The van der Waals surface area contributed by atoms with E-state index >= 15 is 0 Å². The zero-order valence-electron chi connectivity index (χ0n) is 32.2. The van der Waals surface area contributed by atoms with Crippen molar-refractivity contribution in [3.05, 3.63) is 179 Å². The second-order valence-electron chi connectivity index (χ2n) is 14.3. The van der Waals surface area contributed by atoms with Gasteiger partial charge in [-0.05, 0) is 132 Å². The summed E-state index contributed by atoms with van der Waals surface area (Å²) in [6.45, 7) is 0. The maximum atomic E-state index is 12.7. The highest BCUT2D eigenvalue weighted by Crippen LogP contribution is 2.24. The molecule has 0 aliphatic heterocycles. The lowest BCUT2D eigenvalue weighted by Crippen LogP contribution is -2.08. The Morgan fingerprint density at radius 2 is 0.649 bits per heavy atom. The van der Waals surface area contributed by atoms with Crippen LogP contribution in [0.3, 0.4) is 0 Å². The molecule has 0 aliphatic carbocycles. The molecule has 57 heavy (non-hydrogen) atoms. The van der Waals surface area contributed by atoms with Gasteiger partial charge in [0.15, 0.2) is 0 Å². The van der Waals surface area contributed by atoms with Gasteiger partial charge in [0.2, 0.25) is 0 Å². The summed E-state index contributed by atoms with van der Waals surface area (Å²) < 4.78 is 11.2. The first-order valence-corrected chi connectivity index (χ1v) is 19.8. The van der Waals surface area contributed by atoms with E-state index in [0.29, 0.717) is 33.8 Å². The minimum atomic E-state index is -0.386. The van der Waals surface area contributed by atoms with Crippen LogP contribution in [-0.4, -0.2) is 11.9 Å². The average molecular weight is 751 g/mol. The number of ether oxygens (including phenoxy) is 2. The normalized spacial score (nSPS) is 10.6. The molecule has 0 spiro atoms. The molecule has 6 rings (SSSR count). The van der Waals surface area contributed by atoms with Crippen LogP contribution in [0.15, 0.2) is 146 Å². The minimum absolute atomic E-state index is 0.386. The van der Waals surface area contributed by atoms with Gasteiger partial charge in [0, 0.05) is 0 Å². The van der Waals surface area contributed by atoms with E-state index in [1.165, 1.54) is 56.1 Å². The molecule has 6 heteroatoms. The maximum absolute atomic E-state index is 12.7. The molecule has 0 radical (unpaired) electrons. The second kappa shape index (κ2) is 20.8. The number of carbonyl (C=O) groups is 2. The Bertz CT molecular complexity index is 2110. The molecule has 284 valence electrons. The Hall–Kier alpha value is -6.76. The fraction of sp³-hybridized carbons (Fsp3) is 0.216. The molecule has 0 N–H and O–H groups in total. The Labute approximate surface area is 336 Å². The molecule has 0 aliphatic rings. The van der Waals surface area contributed by atoms with Crippen molar-refractivity contribution < 1.29 is 19.1 Å². The lowest BCUT2D eigenvalue weighted by Gasteiger charge is -2.08. The fourth-order valence-corrected chi connectivity index (χ4v) is 6.75. The molecule has 6 nitrogen and oxygen atoms in total. The van der Waals surface area contributed by atoms with E-state index in [4.69, 9.17) is 20.0 Å². The van der Waals surface area contributed by atoms with Crippen molar-refractivity contribution in [1.29, 1.82) is 10.5 Å². The predicted molar refractivity (Wildman–Crippen MR) is 225 cm³/mol. The van der Waals surface area contributed by atoms with E-state index in [1.807, 2.05) is 97.1 Å². The number of aryl methyl sites for hydroxylation is 2. The molecule has 0 saturated carbocycles. The Kier molecular flexibility index (Phi) is 14.6. The maximum Gasteiger partial charge on any atom is 0.343 e. The summed E-state index contributed by atoms with van der Waals surface area (Å²) in [4.78, 5) is 25.4. The van der Waals surface area contributed by atoms with Gasteiger partial charge in [-0.3, -0.25) is 0 Å². The molecular weight excluding hydrogens is 705 g/mol. The van der Waals surface area contributed by atoms with Crippen molar-refractivity contribution in [2.45, 2.75) is 70.6 Å². The molecule has 0 fully saturated rings. The third-order valence-corrected chi connectivity index (χ3v) is 10.1.